The number of rotatable bonds is 3. The highest BCUT2D eigenvalue weighted by Gasteiger charge is 2.06. The van der Waals surface area contributed by atoms with Gasteiger partial charge < -0.3 is 5.32 Å². The lowest BCUT2D eigenvalue weighted by atomic mass is 10.1. The van der Waals surface area contributed by atoms with Crippen LogP contribution < -0.4 is 5.32 Å². The molecule has 4 nitrogen and oxygen atoms in total. The summed E-state index contributed by atoms with van der Waals surface area (Å²) in [5.41, 5.74) is 3.21. The summed E-state index contributed by atoms with van der Waals surface area (Å²) in [6.45, 7) is 1.86. The molecular formula is C18H14BrN3O. The van der Waals surface area contributed by atoms with E-state index in [1.54, 1.807) is 18.3 Å². The van der Waals surface area contributed by atoms with E-state index in [0.717, 1.165) is 27.2 Å². The van der Waals surface area contributed by atoms with Gasteiger partial charge in [-0.15, -0.1) is 0 Å². The summed E-state index contributed by atoms with van der Waals surface area (Å²) in [4.78, 5) is 20.7. The predicted molar refractivity (Wildman–Crippen MR) is 94.3 cm³/mol. The van der Waals surface area contributed by atoms with Gasteiger partial charge in [-0.05, 0) is 49.4 Å². The SMILES string of the molecule is Cc1nccc(-c2ccc(NC(=O)c3ccc(Br)cc3)cc2)n1. The van der Waals surface area contributed by atoms with E-state index < -0.39 is 0 Å². The molecule has 0 saturated heterocycles. The number of benzene rings is 2. The van der Waals surface area contributed by atoms with E-state index in [0.29, 0.717) is 5.56 Å². The number of carbonyl (C=O) groups excluding carboxylic acids is 1. The zero-order chi connectivity index (χ0) is 16.2. The van der Waals surface area contributed by atoms with Crippen molar-refractivity contribution in [3.8, 4) is 11.3 Å². The molecule has 0 saturated carbocycles. The van der Waals surface area contributed by atoms with Crippen molar-refractivity contribution in [1.29, 1.82) is 0 Å². The molecule has 1 heterocycles. The minimum atomic E-state index is -0.136. The van der Waals surface area contributed by atoms with E-state index >= 15 is 0 Å². The van der Waals surface area contributed by atoms with E-state index in [1.807, 2.05) is 49.4 Å². The normalized spacial score (nSPS) is 10.3. The fraction of sp³-hybridized carbons (Fsp3) is 0.0556. The number of aryl methyl sites for hydroxylation is 1. The molecule has 114 valence electrons. The van der Waals surface area contributed by atoms with Gasteiger partial charge in [-0.3, -0.25) is 4.79 Å². The van der Waals surface area contributed by atoms with Crippen LogP contribution in [-0.4, -0.2) is 15.9 Å². The molecule has 5 heteroatoms. The average molecular weight is 368 g/mol. The van der Waals surface area contributed by atoms with E-state index in [-0.39, 0.29) is 5.91 Å². The predicted octanol–water partition coefficient (Wildman–Crippen LogP) is 4.47. The summed E-state index contributed by atoms with van der Waals surface area (Å²) in [5, 5.41) is 2.88. The molecule has 23 heavy (non-hydrogen) atoms. The summed E-state index contributed by atoms with van der Waals surface area (Å²) in [5.74, 6) is 0.596. The van der Waals surface area contributed by atoms with Gasteiger partial charge in [-0.1, -0.05) is 28.1 Å². The largest absolute Gasteiger partial charge is 0.322 e. The Bertz CT molecular complexity index is 830. The molecule has 3 rings (SSSR count). The summed E-state index contributed by atoms with van der Waals surface area (Å²) < 4.78 is 0.943. The van der Waals surface area contributed by atoms with Crippen LogP contribution in [0, 0.1) is 6.92 Å². The Labute approximate surface area is 142 Å². The van der Waals surface area contributed by atoms with Crippen molar-refractivity contribution < 1.29 is 4.79 Å². The Morgan fingerprint density at radius 3 is 2.35 bits per heavy atom. The number of amides is 1. The molecule has 0 aliphatic heterocycles. The first kappa shape index (κ1) is 15.4. The first-order valence-electron chi connectivity index (χ1n) is 7.09. The van der Waals surface area contributed by atoms with Crippen LogP contribution in [0.5, 0.6) is 0 Å². The molecule has 0 aliphatic rings. The van der Waals surface area contributed by atoms with E-state index in [4.69, 9.17) is 0 Å². The minimum Gasteiger partial charge on any atom is -0.322 e. The number of nitrogens with zero attached hydrogens (tertiary/aromatic N) is 2. The molecule has 0 fully saturated rings. The first-order valence-corrected chi connectivity index (χ1v) is 7.88. The third-order valence-corrected chi connectivity index (χ3v) is 3.85. The number of carbonyl (C=O) groups is 1. The van der Waals surface area contributed by atoms with Crippen LogP contribution in [0.3, 0.4) is 0 Å². The van der Waals surface area contributed by atoms with E-state index in [2.05, 4.69) is 31.2 Å². The number of halogens is 1. The quantitative estimate of drug-likeness (QED) is 0.742. The van der Waals surface area contributed by atoms with Crippen LogP contribution in [0.2, 0.25) is 0 Å². The number of anilines is 1. The summed E-state index contributed by atoms with van der Waals surface area (Å²) >= 11 is 3.35. The third-order valence-electron chi connectivity index (χ3n) is 3.32. The second kappa shape index (κ2) is 6.71. The highest BCUT2D eigenvalue weighted by molar-refractivity contribution is 9.10. The molecule has 0 unspecified atom stereocenters. The number of aromatic nitrogens is 2. The lowest BCUT2D eigenvalue weighted by Crippen LogP contribution is -2.11. The van der Waals surface area contributed by atoms with Crippen LogP contribution in [0.4, 0.5) is 5.69 Å². The van der Waals surface area contributed by atoms with Gasteiger partial charge in [0.05, 0.1) is 5.69 Å². The molecule has 0 bridgehead atoms. The molecular weight excluding hydrogens is 354 g/mol. The van der Waals surface area contributed by atoms with Crippen molar-refractivity contribution in [2.75, 3.05) is 5.32 Å². The van der Waals surface area contributed by atoms with Gasteiger partial charge in [-0.25, -0.2) is 9.97 Å². The van der Waals surface area contributed by atoms with Crippen molar-refractivity contribution in [2.45, 2.75) is 6.92 Å². The van der Waals surface area contributed by atoms with E-state index in [9.17, 15) is 4.79 Å². The Balaban J connectivity index is 1.75. The zero-order valence-electron chi connectivity index (χ0n) is 12.5. The Morgan fingerprint density at radius 1 is 1.00 bits per heavy atom. The number of hydrogen-bond donors (Lipinski definition) is 1. The lowest BCUT2D eigenvalue weighted by molar-refractivity contribution is 0.102. The standard InChI is InChI=1S/C18H14BrN3O/c1-12-20-11-10-17(21-12)13-4-8-16(9-5-13)22-18(23)14-2-6-15(19)7-3-14/h2-11H,1H3,(H,22,23). The van der Waals surface area contributed by atoms with Crippen LogP contribution >= 0.6 is 15.9 Å². The number of nitrogens with one attached hydrogen (secondary N) is 1. The van der Waals surface area contributed by atoms with Crippen molar-refractivity contribution >= 4 is 27.5 Å². The van der Waals surface area contributed by atoms with Crippen molar-refractivity contribution in [3.05, 3.63) is 76.7 Å². The Kier molecular flexibility index (Phi) is 4.48. The molecule has 1 N–H and O–H groups in total. The minimum absolute atomic E-state index is 0.136. The summed E-state index contributed by atoms with van der Waals surface area (Å²) in [7, 11) is 0. The molecule has 2 aromatic carbocycles. The fourth-order valence-electron chi connectivity index (χ4n) is 2.15. The smallest absolute Gasteiger partial charge is 0.255 e. The maximum Gasteiger partial charge on any atom is 0.255 e. The van der Waals surface area contributed by atoms with Crippen LogP contribution in [0.25, 0.3) is 11.3 Å². The topological polar surface area (TPSA) is 54.9 Å². The number of hydrogen-bond acceptors (Lipinski definition) is 3. The third kappa shape index (κ3) is 3.81. The van der Waals surface area contributed by atoms with Gasteiger partial charge >= 0.3 is 0 Å². The molecule has 0 aliphatic carbocycles. The molecule has 1 amide bonds. The van der Waals surface area contributed by atoms with Crippen LogP contribution in [0.1, 0.15) is 16.2 Å². The highest BCUT2D eigenvalue weighted by Crippen LogP contribution is 2.20. The van der Waals surface area contributed by atoms with Crippen molar-refractivity contribution in [2.24, 2.45) is 0 Å². The summed E-state index contributed by atoms with van der Waals surface area (Å²) in [6, 6.07) is 16.7. The fourth-order valence-corrected chi connectivity index (χ4v) is 2.41. The second-order valence-corrected chi connectivity index (χ2v) is 5.94. The Hall–Kier alpha value is -2.53. The van der Waals surface area contributed by atoms with Gasteiger partial charge in [-0.2, -0.15) is 0 Å². The Morgan fingerprint density at radius 2 is 1.70 bits per heavy atom. The molecule has 0 radical (unpaired) electrons. The maximum absolute atomic E-state index is 12.2. The average Bonchev–Trinajstić information content (AvgIpc) is 2.56. The van der Waals surface area contributed by atoms with Gasteiger partial charge in [0.25, 0.3) is 5.91 Å². The monoisotopic (exact) mass is 367 g/mol. The molecule has 3 aromatic rings. The first-order chi connectivity index (χ1) is 11.1. The van der Waals surface area contributed by atoms with Gasteiger partial charge in [0, 0.05) is 27.5 Å². The molecule has 1 aromatic heterocycles. The molecule has 0 spiro atoms. The second-order valence-electron chi connectivity index (χ2n) is 5.03. The van der Waals surface area contributed by atoms with Crippen molar-refractivity contribution in [3.63, 3.8) is 0 Å². The van der Waals surface area contributed by atoms with Gasteiger partial charge in [0.2, 0.25) is 0 Å². The van der Waals surface area contributed by atoms with Gasteiger partial charge in [0.15, 0.2) is 0 Å². The highest BCUT2D eigenvalue weighted by atomic mass is 79.9. The molecule has 0 atom stereocenters. The van der Waals surface area contributed by atoms with Crippen LogP contribution in [-0.2, 0) is 0 Å². The summed E-state index contributed by atoms with van der Waals surface area (Å²) in [6.07, 6.45) is 1.74. The zero-order valence-corrected chi connectivity index (χ0v) is 14.0. The van der Waals surface area contributed by atoms with E-state index in [1.165, 1.54) is 0 Å². The lowest BCUT2D eigenvalue weighted by Gasteiger charge is -2.07. The van der Waals surface area contributed by atoms with Gasteiger partial charge in [0.1, 0.15) is 5.82 Å². The maximum atomic E-state index is 12.2. The van der Waals surface area contributed by atoms with Crippen LogP contribution in [0.15, 0.2) is 65.3 Å². The van der Waals surface area contributed by atoms with Crippen molar-refractivity contribution in [1.82, 2.24) is 9.97 Å².